The lowest BCUT2D eigenvalue weighted by atomic mass is 10.0. The molecule has 12 aromatic rings. The van der Waals surface area contributed by atoms with Crippen LogP contribution in [0.1, 0.15) is 81.3 Å². The largest absolute Gasteiger partial charge is 0.495 e. The zero-order valence-electron chi connectivity index (χ0n) is 49.6. The van der Waals surface area contributed by atoms with Gasteiger partial charge in [0.25, 0.3) is 11.8 Å². The fourth-order valence-corrected chi connectivity index (χ4v) is 12.1. The predicted octanol–water partition coefficient (Wildman–Crippen LogP) is 8.18. The zero-order valence-corrected chi connectivity index (χ0v) is 49.6. The van der Waals surface area contributed by atoms with Crippen molar-refractivity contribution in [3.05, 3.63) is 144 Å². The van der Waals surface area contributed by atoms with E-state index in [9.17, 15) is 9.59 Å². The van der Waals surface area contributed by atoms with E-state index in [0.29, 0.717) is 79.4 Å². The summed E-state index contributed by atoms with van der Waals surface area (Å²) in [5.74, 6) is 1.20. The molecule has 88 heavy (non-hydrogen) atoms. The van der Waals surface area contributed by atoms with E-state index in [0.717, 1.165) is 109 Å². The van der Waals surface area contributed by atoms with Crippen LogP contribution in [0.15, 0.2) is 110 Å². The summed E-state index contributed by atoms with van der Waals surface area (Å²) in [5.41, 5.74) is 25.5. The van der Waals surface area contributed by atoms with Crippen LogP contribution >= 0.6 is 0 Å². The van der Waals surface area contributed by atoms with Gasteiger partial charge in [-0.15, -0.1) is 0 Å². The molecule has 2 amide bonds. The molecular weight excluding hydrogens is 1120 g/mol. The lowest BCUT2D eigenvalue weighted by Gasteiger charge is -2.32. The number of aromatic amines is 2. The van der Waals surface area contributed by atoms with Crippen molar-refractivity contribution in [3.8, 4) is 34.0 Å². The van der Waals surface area contributed by atoms with Crippen LogP contribution in [0.4, 0.5) is 23.0 Å². The summed E-state index contributed by atoms with van der Waals surface area (Å²) < 4.78 is 19.0. The zero-order chi connectivity index (χ0) is 60.7. The Morgan fingerprint density at radius 2 is 1.09 bits per heavy atom. The maximum atomic E-state index is 13.3. The molecule has 2 aliphatic heterocycles. The maximum absolute atomic E-state index is 13.3. The van der Waals surface area contributed by atoms with Gasteiger partial charge in [-0.25, -0.2) is 34.3 Å². The van der Waals surface area contributed by atoms with Gasteiger partial charge in [0, 0.05) is 110 Å². The van der Waals surface area contributed by atoms with Gasteiger partial charge >= 0.3 is 0 Å². The van der Waals surface area contributed by atoms with Gasteiger partial charge in [0.15, 0.2) is 11.3 Å². The summed E-state index contributed by atoms with van der Waals surface area (Å²) in [6.07, 6.45) is 15.6. The number of rotatable bonds is 14. The second-order valence-electron chi connectivity index (χ2n) is 22.3. The summed E-state index contributed by atoms with van der Waals surface area (Å²) in [6, 6.07) is 20.8. The molecule has 2 aliphatic rings. The first-order valence-corrected chi connectivity index (χ1v) is 29.0. The average Bonchev–Trinajstić information content (AvgIpc) is 1.94. The molecule has 2 saturated heterocycles. The third-order valence-electron chi connectivity index (χ3n) is 17.0. The molecule has 10 aromatic heterocycles. The number of pyridine rings is 2. The molecule has 0 unspecified atom stereocenters. The quantitative estimate of drug-likeness (QED) is 0.0597. The number of carbonyl (C=O) groups excluding carboxylic acids is 2. The number of fused-ring (bicyclic) bond motifs is 4. The number of likely N-dealkylation sites (tertiary alicyclic amines) is 2. The van der Waals surface area contributed by atoms with Gasteiger partial charge in [0.2, 0.25) is 0 Å². The lowest BCUT2D eigenvalue weighted by molar-refractivity contribution is 0.101. The van der Waals surface area contributed by atoms with E-state index in [2.05, 4.69) is 84.6 Å². The first-order chi connectivity index (χ1) is 42.8. The topological polar surface area (TPSA) is 315 Å². The highest BCUT2D eigenvalue weighted by Crippen LogP contribution is 2.40. The van der Waals surface area contributed by atoms with Crippen molar-refractivity contribution in [3.63, 3.8) is 0 Å². The number of aryl methyl sites for hydroxylation is 4. The van der Waals surface area contributed by atoms with Crippen LogP contribution in [0.25, 0.3) is 66.5 Å². The van der Waals surface area contributed by atoms with Gasteiger partial charge in [-0.05, 0) is 94.1 Å². The highest BCUT2D eigenvalue weighted by atomic mass is 16.5. The normalized spacial score (nSPS) is 14.4. The number of hydrogen-bond acceptors (Lipinski definition) is 18. The maximum Gasteiger partial charge on any atom is 0.272 e. The van der Waals surface area contributed by atoms with Crippen LogP contribution in [-0.2, 0) is 27.2 Å². The average molecular weight is 1180 g/mol. The molecule has 0 aliphatic carbocycles. The van der Waals surface area contributed by atoms with Crippen LogP contribution in [0.5, 0.6) is 11.5 Å². The number of piperidine rings is 2. The van der Waals surface area contributed by atoms with Gasteiger partial charge in [-0.3, -0.25) is 34.6 Å². The summed E-state index contributed by atoms with van der Waals surface area (Å²) in [4.78, 5) is 57.8. The number of nitrogens with one attached hydrogen (secondary N) is 4. The third-order valence-corrected chi connectivity index (χ3v) is 17.0. The Balaban J connectivity index is 0.000000162. The van der Waals surface area contributed by atoms with Crippen molar-refractivity contribution >= 4 is 78.8 Å². The second kappa shape index (κ2) is 23.7. The van der Waals surface area contributed by atoms with E-state index in [4.69, 9.17) is 31.1 Å². The van der Waals surface area contributed by atoms with Crippen molar-refractivity contribution in [1.29, 1.82) is 0 Å². The van der Waals surface area contributed by atoms with E-state index < -0.39 is 0 Å². The minimum absolute atomic E-state index is 0.165. The Hall–Kier alpha value is -10.6. The molecule has 2 fully saturated rings. The predicted molar refractivity (Wildman–Crippen MR) is 335 cm³/mol. The van der Waals surface area contributed by atoms with Crippen molar-refractivity contribution in [2.75, 3.05) is 62.5 Å². The van der Waals surface area contributed by atoms with Crippen molar-refractivity contribution in [1.82, 2.24) is 88.8 Å². The smallest absolute Gasteiger partial charge is 0.272 e. The Kier molecular flexibility index (Phi) is 15.2. The highest BCUT2D eigenvalue weighted by Gasteiger charge is 2.30. The number of carbonyl (C=O) groups is 2. The summed E-state index contributed by atoms with van der Waals surface area (Å²) >= 11 is 0. The molecule has 26 heteroatoms. The molecular formula is C62H66N22O4. The standard InChI is InChI=1S/2C31H33N11O2/c1-18-21(14-36-38-18)16-41-10-7-22(8-11-41)42-30-27(29(32)34-17-35-30)28(39-42)20-4-5-23(26(13-20)44-3)37-31(43)24-12-19-6-9-33-15-25(19)40(24)2;1-18-21(15-36-38-18)16-41-11-8-22(9-12-41)42-30-26(28(32)34-17-35-30)27(39-42)19-6-7-23(25(14-19)44-3)37-31(43)24-13-20-5-4-10-33-29(20)40(24)2/h4-6,9,12-15,17,22H,7-8,10-11,16H2,1-3H3,(H,36,38)(H,37,43)(H2,32,34,35);4-7,10,13-15,17,22H,8-9,11-12,16H2,1-3H3,(H,36,38)(H,37,43)(H2,32,34,35). The first-order valence-electron chi connectivity index (χ1n) is 29.0. The number of nitrogens with zero attached hydrogens (tertiary/aromatic N) is 16. The molecule has 14 rings (SSSR count). The SMILES string of the molecule is COc1cc(-c2nn(C3CCN(Cc4cn[nH]c4C)CC3)c3ncnc(N)c23)ccc1NC(=O)c1cc2cccnc2n1C.COc1cc(-c2nn(C3CCN(Cc4cn[nH]c4C)CC3)c3ncnc(N)c23)ccc1NC(=O)c1cc2ccncc2n1C. The minimum Gasteiger partial charge on any atom is -0.495 e. The molecule has 0 spiro atoms. The van der Waals surface area contributed by atoms with E-state index in [1.807, 2.05) is 107 Å². The first kappa shape index (κ1) is 56.5. The molecule has 0 atom stereocenters. The number of amides is 2. The van der Waals surface area contributed by atoms with Gasteiger partial charge in [-0.2, -0.15) is 20.4 Å². The molecule has 0 bridgehead atoms. The number of ether oxygens (including phenoxy) is 2. The summed E-state index contributed by atoms with van der Waals surface area (Å²) in [7, 11) is 6.81. The third kappa shape index (κ3) is 10.7. The molecule has 8 N–H and O–H groups in total. The van der Waals surface area contributed by atoms with E-state index in [1.165, 1.54) is 23.8 Å². The molecule has 12 heterocycles. The van der Waals surface area contributed by atoms with E-state index >= 15 is 0 Å². The van der Waals surface area contributed by atoms with Crippen molar-refractivity contribution in [2.45, 2.75) is 64.7 Å². The van der Waals surface area contributed by atoms with Crippen LogP contribution in [-0.4, -0.2) is 141 Å². The van der Waals surface area contributed by atoms with Crippen LogP contribution < -0.4 is 31.6 Å². The van der Waals surface area contributed by atoms with Crippen molar-refractivity contribution < 1.29 is 19.1 Å². The monoisotopic (exact) mass is 1180 g/mol. The number of nitrogens with two attached hydrogens (primary N) is 2. The molecule has 26 nitrogen and oxygen atoms in total. The number of anilines is 4. The number of H-pyrrole nitrogens is 2. The van der Waals surface area contributed by atoms with Crippen LogP contribution in [0.3, 0.4) is 0 Å². The van der Waals surface area contributed by atoms with Gasteiger partial charge in [0.05, 0.1) is 72.6 Å². The Bertz CT molecular complexity index is 4290. The number of methoxy groups -OCH3 is 2. The summed E-state index contributed by atoms with van der Waals surface area (Å²) in [5, 5.41) is 33.7. The van der Waals surface area contributed by atoms with Gasteiger partial charge in [0.1, 0.15) is 64.2 Å². The molecule has 2 aromatic carbocycles. The molecule has 448 valence electrons. The number of nitrogen functional groups attached to an aromatic ring is 2. The minimum atomic E-state index is -0.266. The molecule has 0 radical (unpaired) electrons. The Labute approximate surface area is 504 Å². The fourth-order valence-electron chi connectivity index (χ4n) is 12.1. The Morgan fingerprint density at radius 1 is 0.591 bits per heavy atom. The highest BCUT2D eigenvalue weighted by molar-refractivity contribution is 6.08. The lowest BCUT2D eigenvalue weighted by Crippen LogP contribution is -2.34. The van der Waals surface area contributed by atoms with Crippen LogP contribution in [0.2, 0.25) is 0 Å². The van der Waals surface area contributed by atoms with Crippen molar-refractivity contribution in [2.24, 2.45) is 14.1 Å². The van der Waals surface area contributed by atoms with Gasteiger partial charge in [-0.1, -0.05) is 12.1 Å². The summed E-state index contributed by atoms with van der Waals surface area (Å²) in [6.45, 7) is 9.57. The fraction of sp³-hybridized carbons (Fsp3) is 0.290. The second-order valence-corrected chi connectivity index (χ2v) is 22.3. The van der Waals surface area contributed by atoms with Crippen LogP contribution in [0, 0.1) is 13.8 Å². The number of benzene rings is 2. The van der Waals surface area contributed by atoms with E-state index in [1.54, 1.807) is 37.4 Å². The number of aromatic nitrogens is 16. The van der Waals surface area contributed by atoms with E-state index in [-0.39, 0.29) is 23.9 Å². The van der Waals surface area contributed by atoms with Gasteiger partial charge < -0.3 is 40.7 Å². The number of hydrogen-bond donors (Lipinski definition) is 6. The molecule has 0 saturated carbocycles. The Morgan fingerprint density at radius 3 is 1.56 bits per heavy atom.